The summed E-state index contributed by atoms with van der Waals surface area (Å²) in [5, 5.41) is 32.4. The molecule has 0 spiro atoms. The zero-order valence-corrected chi connectivity index (χ0v) is 28.1. The Hall–Kier alpha value is -2.32. The van der Waals surface area contributed by atoms with Crippen LogP contribution in [0.4, 0.5) is 0 Å². The van der Waals surface area contributed by atoms with Crippen LogP contribution in [0.2, 0.25) is 0 Å². The molecule has 0 saturated heterocycles. The summed E-state index contributed by atoms with van der Waals surface area (Å²) in [6.07, 6.45) is 14.2. The highest BCUT2D eigenvalue weighted by Crippen LogP contribution is 2.13. The van der Waals surface area contributed by atoms with Crippen LogP contribution in [0.1, 0.15) is 116 Å². The van der Waals surface area contributed by atoms with Gasteiger partial charge in [0.1, 0.15) is 6.04 Å². The Bertz CT molecular complexity index is 768. The van der Waals surface area contributed by atoms with Gasteiger partial charge in [-0.2, -0.15) is 0 Å². The zero-order chi connectivity index (χ0) is 34.1. The standard InChI is InChI=1S/C33H62N2O11/c1-28(36)16-17-29(33(41)42)35-31(38)18-20-43-22-24-45-26-27-46-25-23-44-21-19-34-30(37)14-12-10-8-6-4-2-3-5-7-9-11-13-15-32(39)40/h28-29,36H,2-27H2,1H3,(H,34,37)(H,35,38)(H,39,40)(H,41,42)/t28?,29-/m0/s1. The smallest absolute Gasteiger partial charge is 0.326 e. The number of carboxylic acid groups (broad SMARTS) is 2. The second-order valence-electron chi connectivity index (χ2n) is 11.6. The zero-order valence-electron chi connectivity index (χ0n) is 28.1. The maximum absolute atomic E-state index is 11.9. The number of aliphatic carboxylic acids is 2. The first-order chi connectivity index (χ1) is 22.2. The van der Waals surface area contributed by atoms with E-state index in [1.165, 1.54) is 38.5 Å². The topological polar surface area (TPSA) is 190 Å². The van der Waals surface area contributed by atoms with Crippen LogP contribution in [0.25, 0.3) is 0 Å². The SMILES string of the molecule is CC(O)CC[C@H](NC(=O)CCOCCOCCOCCOCCNC(=O)CCCCCCCCCCCCCCC(=O)O)C(=O)O. The van der Waals surface area contributed by atoms with E-state index in [0.29, 0.717) is 59.2 Å². The number of carbonyl (C=O) groups excluding carboxylic acids is 2. The van der Waals surface area contributed by atoms with Crippen LogP contribution >= 0.6 is 0 Å². The molecule has 0 aromatic rings. The van der Waals surface area contributed by atoms with Gasteiger partial charge in [-0.15, -0.1) is 0 Å². The van der Waals surface area contributed by atoms with Crippen molar-refractivity contribution >= 4 is 23.8 Å². The average molecular weight is 663 g/mol. The van der Waals surface area contributed by atoms with Crippen molar-refractivity contribution < 1.29 is 53.4 Å². The van der Waals surface area contributed by atoms with Gasteiger partial charge in [0, 0.05) is 25.8 Å². The lowest BCUT2D eigenvalue weighted by molar-refractivity contribution is -0.142. The summed E-state index contributed by atoms with van der Waals surface area (Å²) in [6, 6.07) is -1.03. The monoisotopic (exact) mass is 662 g/mol. The molecule has 0 bridgehead atoms. The first kappa shape index (κ1) is 43.7. The molecular weight excluding hydrogens is 600 g/mol. The Balaban J connectivity index is 3.35. The minimum Gasteiger partial charge on any atom is -0.481 e. The van der Waals surface area contributed by atoms with Crippen LogP contribution in [0.5, 0.6) is 0 Å². The predicted octanol–water partition coefficient (Wildman–Crippen LogP) is 3.84. The van der Waals surface area contributed by atoms with Gasteiger partial charge in [0.15, 0.2) is 0 Å². The number of ether oxygens (including phenoxy) is 4. The molecule has 0 aliphatic carbocycles. The van der Waals surface area contributed by atoms with E-state index in [2.05, 4.69) is 10.6 Å². The highest BCUT2D eigenvalue weighted by molar-refractivity contribution is 5.83. The van der Waals surface area contributed by atoms with Crippen molar-refractivity contribution in [2.45, 2.75) is 128 Å². The summed E-state index contributed by atoms with van der Waals surface area (Å²) in [4.78, 5) is 45.5. The van der Waals surface area contributed by atoms with Gasteiger partial charge in [0.2, 0.25) is 11.8 Å². The average Bonchev–Trinajstić information content (AvgIpc) is 3.00. The number of nitrogens with one attached hydrogen (secondary N) is 2. The number of aliphatic hydroxyl groups excluding tert-OH is 1. The third-order valence-corrected chi connectivity index (χ3v) is 7.21. The van der Waals surface area contributed by atoms with Gasteiger partial charge in [-0.05, 0) is 32.6 Å². The highest BCUT2D eigenvalue weighted by atomic mass is 16.6. The van der Waals surface area contributed by atoms with Crippen molar-refractivity contribution in [1.82, 2.24) is 10.6 Å². The van der Waals surface area contributed by atoms with Gasteiger partial charge in [0.05, 0.1) is 59.0 Å². The minimum atomic E-state index is -1.13. The van der Waals surface area contributed by atoms with E-state index in [9.17, 15) is 24.3 Å². The van der Waals surface area contributed by atoms with Crippen LogP contribution < -0.4 is 10.6 Å². The van der Waals surface area contributed by atoms with E-state index in [-0.39, 0.29) is 38.2 Å². The number of amides is 2. The molecule has 5 N–H and O–H groups in total. The summed E-state index contributed by atoms with van der Waals surface area (Å²) >= 11 is 0. The summed E-state index contributed by atoms with van der Waals surface area (Å²) in [5.74, 6) is -2.19. The fraction of sp³-hybridized carbons (Fsp3) is 0.879. The number of carbonyl (C=O) groups is 4. The predicted molar refractivity (Wildman–Crippen MR) is 174 cm³/mol. The largest absolute Gasteiger partial charge is 0.481 e. The Labute approximate surface area is 275 Å². The quantitative estimate of drug-likeness (QED) is 0.0620. The first-order valence-corrected chi connectivity index (χ1v) is 17.2. The molecule has 0 rings (SSSR count). The van der Waals surface area contributed by atoms with E-state index < -0.39 is 30.0 Å². The fourth-order valence-corrected chi connectivity index (χ4v) is 4.54. The lowest BCUT2D eigenvalue weighted by Crippen LogP contribution is -2.41. The van der Waals surface area contributed by atoms with Gasteiger partial charge < -0.3 is 44.9 Å². The second kappa shape index (κ2) is 32.6. The number of hydrogen-bond acceptors (Lipinski definition) is 9. The van der Waals surface area contributed by atoms with Crippen molar-refractivity contribution in [3.8, 4) is 0 Å². The van der Waals surface area contributed by atoms with E-state index in [1.54, 1.807) is 6.92 Å². The van der Waals surface area contributed by atoms with Gasteiger partial charge in [0.25, 0.3) is 0 Å². The van der Waals surface area contributed by atoms with E-state index in [1.807, 2.05) is 0 Å². The first-order valence-electron chi connectivity index (χ1n) is 17.2. The molecule has 0 fully saturated rings. The molecule has 13 nitrogen and oxygen atoms in total. The van der Waals surface area contributed by atoms with Crippen LogP contribution in [-0.4, -0.2) is 111 Å². The maximum atomic E-state index is 11.9. The molecule has 270 valence electrons. The normalized spacial score (nSPS) is 12.5. The number of unbranched alkanes of at least 4 members (excludes halogenated alkanes) is 11. The Kier molecular flexibility index (Phi) is 31.0. The molecule has 0 radical (unpaired) electrons. The lowest BCUT2D eigenvalue weighted by Gasteiger charge is -2.15. The minimum absolute atomic E-state index is 0.0369. The number of carboxylic acids is 2. The van der Waals surface area contributed by atoms with Crippen LogP contribution in [0.3, 0.4) is 0 Å². The lowest BCUT2D eigenvalue weighted by atomic mass is 10.0. The molecule has 2 amide bonds. The molecule has 46 heavy (non-hydrogen) atoms. The van der Waals surface area contributed by atoms with E-state index >= 15 is 0 Å². The molecule has 0 aliphatic rings. The van der Waals surface area contributed by atoms with Crippen molar-refractivity contribution in [3.05, 3.63) is 0 Å². The molecule has 2 atom stereocenters. The summed E-state index contributed by atoms with van der Waals surface area (Å²) in [5.41, 5.74) is 0. The van der Waals surface area contributed by atoms with Gasteiger partial charge in [-0.25, -0.2) is 4.79 Å². The molecule has 0 aromatic heterocycles. The fourth-order valence-electron chi connectivity index (χ4n) is 4.54. The molecule has 13 heteroatoms. The van der Waals surface area contributed by atoms with E-state index in [4.69, 9.17) is 29.2 Å². The summed E-state index contributed by atoms with van der Waals surface area (Å²) < 4.78 is 21.6. The van der Waals surface area contributed by atoms with Crippen molar-refractivity contribution in [1.29, 1.82) is 0 Å². The van der Waals surface area contributed by atoms with Crippen molar-refractivity contribution in [2.75, 3.05) is 59.4 Å². The molecule has 1 unspecified atom stereocenters. The summed E-state index contributed by atoms with van der Waals surface area (Å²) in [6.45, 7) is 4.91. The Morgan fingerprint density at radius 3 is 1.43 bits per heavy atom. The number of rotatable bonds is 35. The van der Waals surface area contributed by atoms with Gasteiger partial charge in [-0.3, -0.25) is 14.4 Å². The third kappa shape index (κ3) is 33.1. The van der Waals surface area contributed by atoms with E-state index in [0.717, 1.165) is 38.5 Å². The molecule has 0 aromatic carbocycles. The van der Waals surface area contributed by atoms with Gasteiger partial charge in [-0.1, -0.05) is 64.2 Å². The summed E-state index contributed by atoms with van der Waals surface area (Å²) in [7, 11) is 0. The van der Waals surface area contributed by atoms with Crippen LogP contribution in [-0.2, 0) is 38.1 Å². The molecule has 0 aliphatic heterocycles. The van der Waals surface area contributed by atoms with Gasteiger partial charge >= 0.3 is 11.9 Å². The Morgan fingerprint density at radius 1 is 0.543 bits per heavy atom. The van der Waals surface area contributed by atoms with Crippen molar-refractivity contribution in [2.24, 2.45) is 0 Å². The Morgan fingerprint density at radius 2 is 0.978 bits per heavy atom. The molecule has 0 heterocycles. The van der Waals surface area contributed by atoms with Crippen LogP contribution in [0.15, 0.2) is 0 Å². The number of hydrogen-bond donors (Lipinski definition) is 5. The highest BCUT2D eigenvalue weighted by Gasteiger charge is 2.20. The van der Waals surface area contributed by atoms with Crippen LogP contribution in [0, 0.1) is 0 Å². The molecular formula is C33H62N2O11. The third-order valence-electron chi connectivity index (χ3n) is 7.21. The second-order valence-corrected chi connectivity index (χ2v) is 11.6. The molecule has 0 saturated carbocycles. The van der Waals surface area contributed by atoms with Crippen molar-refractivity contribution in [3.63, 3.8) is 0 Å². The maximum Gasteiger partial charge on any atom is 0.326 e. The number of aliphatic hydroxyl groups is 1.